The molecule has 3 heteroatoms. The number of nitrogens with zero attached hydrogens (tertiary/aromatic N) is 1. The summed E-state index contributed by atoms with van der Waals surface area (Å²) in [6, 6.07) is 2.01. The van der Waals surface area contributed by atoms with Gasteiger partial charge in [0.2, 0.25) is 0 Å². The molecule has 0 aromatic rings. The van der Waals surface area contributed by atoms with E-state index >= 15 is 0 Å². The number of unbranched alkanes of at least 4 members (excludes halogenated alkanes) is 1. The highest BCUT2D eigenvalue weighted by Crippen LogP contribution is 2.33. The first-order valence-corrected chi connectivity index (χ1v) is 7.79. The van der Waals surface area contributed by atoms with Crippen LogP contribution in [0, 0.1) is 0 Å². The van der Waals surface area contributed by atoms with Crippen molar-refractivity contribution in [1.29, 1.82) is 0 Å². The molecule has 106 valence electrons. The van der Waals surface area contributed by atoms with E-state index in [4.69, 9.17) is 10.5 Å². The summed E-state index contributed by atoms with van der Waals surface area (Å²) in [6.07, 6.45) is 9.43. The largest absolute Gasteiger partial charge is 0.379 e. The van der Waals surface area contributed by atoms with Crippen LogP contribution >= 0.6 is 0 Å². The van der Waals surface area contributed by atoms with E-state index in [0.717, 1.165) is 18.7 Å². The molecule has 2 N–H and O–H groups in total. The van der Waals surface area contributed by atoms with Crippen molar-refractivity contribution in [1.82, 2.24) is 4.90 Å². The van der Waals surface area contributed by atoms with Crippen molar-refractivity contribution < 1.29 is 4.74 Å². The highest BCUT2D eigenvalue weighted by molar-refractivity contribution is 4.93. The Kier molecular flexibility index (Phi) is 5.46. The van der Waals surface area contributed by atoms with Gasteiger partial charge >= 0.3 is 0 Å². The van der Waals surface area contributed by atoms with E-state index in [1.54, 1.807) is 0 Å². The van der Waals surface area contributed by atoms with E-state index in [-0.39, 0.29) is 0 Å². The Morgan fingerprint density at radius 3 is 2.44 bits per heavy atom. The summed E-state index contributed by atoms with van der Waals surface area (Å²) in [6.45, 7) is 6.39. The third-order valence-electron chi connectivity index (χ3n) is 4.42. The molecule has 0 aromatic heterocycles. The molecule has 0 aliphatic carbocycles. The zero-order valence-corrected chi connectivity index (χ0v) is 12.1. The molecule has 0 aromatic carbocycles. The topological polar surface area (TPSA) is 38.5 Å². The Balaban J connectivity index is 1.68. The van der Waals surface area contributed by atoms with Gasteiger partial charge in [-0.3, -0.25) is 4.90 Å². The summed E-state index contributed by atoms with van der Waals surface area (Å²) in [5, 5.41) is 0. The first-order chi connectivity index (χ1) is 8.66. The van der Waals surface area contributed by atoms with Gasteiger partial charge in [-0.15, -0.1) is 0 Å². The van der Waals surface area contributed by atoms with Crippen LogP contribution in [-0.4, -0.2) is 42.3 Å². The zero-order valence-electron chi connectivity index (χ0n) is 12.1. The minimum absolute atomic E-state index is 0.373. The van der Waals surface area contributed by atoms with Crippen molar-refractivity contribution in [3.63, 3.8) is 0 Å². The molecule has 0 amide bonds. The predicted molar refractivity (Wildman–Crippen MR) is 75.7 cm³/mol. The average molecular weight is 254 g/mol. The molecule has 2 fully saturated rings. The van der Waals surface area contributed by atoms with Crippen molar-refractivity contribution >= 4 is 0 Å². The van der Waals surface area contributed by atoms with Crippen LogP contribution in [0.5, 0.6) is 0 Å². The lowest BCUT2D eigenvalue weighted by Gasteiger charge is -2.48. The van der Waals surface area contributed by atoms with Crippen LogP contribution in [0.3, 0.4) is 0 Å². The van der Waals surface area contributed by atoms with Gasteiger partial charge in [0.1, 0.15) is 0 Å². The van der Waals surface area contributed by atoms with Crippen LogP contribution in [0.2, 0.25) is 0 Å². The molecule has 2 rings (SSSR count). The lowest BCUT2D eigenvalue weighted by atomic mass is 9.82. The predicted octanol–water partition coefficient (Wildman–Crippen LogP) is 2.54. The first-order valence-electron chi connectivity index (χ1n) is 7.79. The van der Waals surface area contributed by atoms with Gasteiger partial charge in [0.15, 0.2) is 0 Å². The Hall–Kier alpha value is -0.120. The molecule has 0 saturated carbocycles. The quantitative estimate of drug-likeness (QED) is 0.740. The molecule has 2 aliphatic heterocycles. The number of rotatable bonds is 6. The van der Waals surface area contributed by atoms with Gasteiger partial charge in [0.05, 0.1) is 6.10 Å². The standard InChI is InChI=1S/C15H30N2O/c1-12(2)18-9-4-3-8-17-14-6-5-7-15(17)11-13(16)10-14/h12-15H,3-11,16H2,1-2H3. The Labute approximate surface area is 112 Å². The number of fused-ring (bicyclic) bond motifs is 2. The Morgan fingerprint density at radius 2 is 1.83 bits per heavy atom. The highest BCUT2D eigenvalue weighted by Gasteiger charge is 2.36. The molecular formula is C15H30N2O. The van der Waals surface area contributed by atoms with Crippen LogP contribution in [0.4, 0.5) is 0 Å². The van der Waals surface area contributed by atoms with Crippen LogP contribution in [0.25, 0.3) is 0 Å². The monoisotopic (exact) mass is 254 g/mol. The molecule has 2 heterocycles. The van der Waals surface area contributed by atoms with Gasteiger partial charge in [0.25, 0.3) is 0 Å². The molecule has 2 unspecified atom stereocenters. The smallest absolute Gasteiger partial charge is 0.0518 e. The fraction of sp³-hybridized carbons (Fsp3) is 1.00. The van der Waals surface area contributed by atoms with Crippen LogP contribution in [0.1, 0.15) is 58.8 Å². The summed E-state index contributed by atoms with van der Waals surface area (Å²) in [4.78, 5) is 2.75. The van der Waals surface area contributed by atoms with Gasteiger partial charge in [-0.2, -0.15) is 0 Å². The van der Waals surface area contributed by atoms with Crippen LogP contribution < -0.4 is 5.73 Å². The normalized spacial score (nSPS) is 33.0. The summed E-state index contributed by atoms with van der Waals surface area (Å²) < 4.78 is 5.60. The second-order valence-electron chi connectivity index (χ2n) is 6.33. The van der Waals surface area contributed by atoms with E-state index < -0.39 is 0 Å². The van der Waals surface area contributed by atoms with Crippen molar-refractivity contribution in [2.24, 2.45) is 5.73 Å². The van der Waals surface area contributed by atoms with Crippen molar-refractivity contribution in [3.8, 4) is 0 Å². The molecule has 18 heavy (non-hydrogen) atoms. The van der Waals surface area contributed by atoms with Gasteiger partial charge < -0.3 is 10.5 Å². The van der Waals surface area contributed by atoms with E-state index in [1.807, 2.05) is 0 Å². The number of ether oxygens (including phenoxy) is 1. The average Bonchev–Trinajstić information content (AvgIpc) is 2.28. The molecule has 2 aliphatic rings. The van der Waals surface area contributed by atoms with E-state index in [9.17, 15) is 0 Å². The second kappa shape index (κ2) is 6.88. The lowest BCUT2D eigenvalue weighted by Crippen LogP contribution is -2.55. The molecule has 2 bridgehead atoms. The molecular weight excluding hydrogens is 224 g/mol. The molecule has 2 atom stereocenters. The minimum Gasteiger partial charge on any atom is -0.379 e. The number of hydrogen-bond donors (Lipinski definition) is 1. The van der Waals surface area contributed by atoms with Crippen LogP contribution in [0.15, 0.2) is 0 Å². The van der Waals surface area contributed by atoms with E-state index in [1.165, 1.54) is 51.5 Å². The maximum absolute atomic E-state index is 6.15. The van der Waals surface area contributed by atoms with Gasteiger partial charge in [-0.05, 0) is 58.9 Å². The Morgan fingerprint density at radius 1 is 1.17 bits per heavy atom. The van der Waals surface area contributed by atoms with E-state index in [2.05, 4.69) is 18.7 Å². The van der Waals surface area contributed by atoms with Crippen molar-refractivity contribution in [3.05, 3.63) is 0 Å². The molecule has 0 radical (unpaired) electrons. The van der Waals surface area contributed by atoms with Crippen molar-refractivity contribution in [2.45, 2.75) is 83.0 Å². The van der Waals surface area contributed by atoms with Crippen molar-refractivity contribution in [2.75, 3.05) is 13.2 Å². The maximum Gasteiger partial charge on any atom is 0.0518 e. The zero-order chi connectivity index (χ0) is 13.0. The second-order valence-corrected chi connectivity index (χ2v) is 6.33. The highest BCUT2D eigenvalue weighted by atomic mass is 16.5. The van der Waals surface area contributed by atoms with Gasteiger partial charge in [0, 0.05) is 24.7 Å². The molecule has 2 saturated heterocycles. The van der Waals surface area contributed by atoms with E-state index in [0.29, 0.717) is 12.1 Å². The number of nitrogens with two attached hydrogens (primary N) is 1. The van der Waals surface area contributed by atoms with Gasteiger partial charge in [-0.1, -0.05) is 6.42 Å². The summed E-state index contributed by atoms with van der Waals surface area (Å²) in [5.74, 6) is 0. The number of hydrogen-bond acceptors (Lipinski definition) is 3. The Bertz CT molecular complexity index is 231. The van der Waals surface area contributed by atoms with Gasteiger partial charge in [-0.25, -0.2) is 0 Å². The SMILES string of the molecule is CC(C)OCCCCN1C2CCCC1CC(N)C2. The van der Waals surface area contributed by atoms with Crippen LogP contribution in [-0.2, 0) is 4.74 Å². The third kappa shape index (κ3) is 3.94. The first kappa shape index (κ1) is 14.3. The fourth-order valence-electron chi connectivity index (χ4n) is 3.60. The lowest BCUT2D eigenvalue weighted by molar-refractivity contribution is 0.0252. The minimum atomic E-state index is 0.373. The maximum atomic E-state index is 6.15. The summed E-state index contributed by atoms with van der Waals surface area (Å²) in [7, 11) is 0. The summed E-state index contributed by atoms with van der Waals surface area (Å²) in [5.41, 5.74) is 6.15. The summed E-state index contributed by atoms with van der Waals surface area (Å²) >= 11 is 0. The molecule has 0 spiro atoms. The third-order valence-corrected chi connectivity index (χ3v) is 4.42. The molecule has 3 nitrogen and oxygen atoms in total. The number of piperidine rings is 2. The fourth-order valence-corrected chi connectivity index (χ4v) is 3.60.